The first-order valence-electron chi connectivity index (χ1n) is 7.56. The van der Waals surface area contributed by atoms with Crippen molar-refractivity contribution in [2.24, 2.45) is 0 Å². The van der Waals surface area contributed by atoms with Crippen molar-refractivity contribution in [2.75, 3.05) is 26.7 Å². The van der Waals surface area contributed by atoms with Crippen molar-refractivity contribution in [1.29, 1.82) is 0 Å². The van der Waals surface area contributed by atoms with Crippen LogP contribution in [0.15, 0.2) is 35.2 Å². The number of carbonyl (C=O) groups is 1. The molecule has 7 heteroatoms. The third-order valence-electron chi connectivity index (χ3n) is 3.78. The fraction of sp³-hybridized carbons (Fsp3) is 0.533. The molecule has 1 aromatic rings. The number of likely N-dealkylation sites (N-methyl/N-ethyl adjacent to an activating group) is 1. The standard InChI is InChI=1S/C15H23N3O3S/c1-16-10-11-17-15(19)14-9-5-6-12-18(14)22(20,21)13-7-3-2-4-8-13/h2-4,7-8,14,16H,5-6,9-12H2,1H3,(H,17,19). The molecule has 1 saturated heterocycles. The fourth-order valence-electron chi connectivity index (χ4n) is 2.61. The molecule has 6 nitrogen and oxygen atoms in total. The first-order valence-corrected chi connectivity index (χ1v) is 9.00. The molecule has 2 rings (SSSR count). The van der Waals surface area contributed by atoms with Crippen LogP contribution in [0.2, 0.25) is 0 Å². The lowest BCUT2D eigenvalue weighted by atomic mass is 10.0. The van der Waals surface area contributed by atoms with Crippen molar-refractivity contribution in [3.8, 4) is 0 Å². The molecule has 1 aliphatic heterocycles. The molecule has 1 fully saturated rings. The van der Waals surface area contributed by atoms with E-state index in [-0.39, 0.29) is 10.8 Å². The van der Waals surface area contributed by atoms with E-state index in [9.17, 15) is 13.2 Å². The minimum atomic E-state index is -3.63. The zero-order valence-corrected chi connectivity index (χ0v) is 13.6. The molecule has 22 heavy (non-hydrogen) atoms. The average molecular weight is 325 g/mol. The Morgan fingerprint density at radius 2 is 1.95 bits per heavy atom. The highest BCUT2D eigenvalue weighted by molar-refractivity contribution is 7.89. The van der Waals surface area contributed by atoms with E-state index in [0.717, 1.165) is 12.8 Å². The number of piperidine rings is 1. The molecule has 122 valence electrons. The Hall–Kier alpha value is -1.44. The highest BCUT2D eigenvalue weighted by Crippen LogP contribution is 2.25. The number of amides is 1. The molecule has 0 radical (unpaired) electrons. The maximum Gasteiger partial charge on any atom is 0.243 e. The number of sulfonamides is 1. The Labute approximate surface area is 131 Å². The maximum absolute atomic E-state index is 12.8. The number of carbonyl (C=O) groups excluding carboxylic acids is 1. The van der Waals surface area contributed by atoms with Gasteiger partial charge in [0.15, 0.2) is 0 Å². The zero-order valence-electron chi connectivity index (χ0n) is 12.8. The Morgan fingerprint density at radius 3 is 2.64 bits per heavy atom. The molecule has 0 saturated carbocycles. The molecule has 0 aromatic heterocycles. The van der Waals surface area contributed by atoms with E-state index in [2.05, 4.69) is 10.6 Å². The first-order chi connectivity index (χ1) is 10.6. The summed E-state index contributed by atoms with van der Waals surface area (Å²) in [4.78, 5) is 12.6. The van der Waals surface area contributed by atoms with Crippen LogP contribution in [0, 0.1) is 0 Å². The molecule has 1 aromatic carbocycles. The normalized spacial score (nSPS) is 19.8. The number of nitrogens with one attached hydrogen (secondary N) is 2. The van der Waals surface area contributed by atoms with Crippen molar-refractivity contribution in [3.05, 3.63) is 30.3 Å². The fourth-order valence-corrected chi connectivity index (χ4v) is 4.29. The van der Waals surface area contributed by atoms with Gasteiger partial charge >= 0.3 is 0 Å². The van der Waals surface area contributed by atoms with Crippen LogP contribution in [-0.4, -0.2) is 51.4 Å². The van der Waals surface area contributed by atoms with Gasteiger partial charge in [0.1, 0.15) is 6.04 Å². The van der Waals surface area contributed by atoms with Gasteiger partial charge in [0.2, 0.25) is 15.9 Å². The van der Waals surface area contributed by atoms with Crippen molar-refractivity contribution < 1.29 is 13.2 Å². The first kappa shape index (κ1) is 16.9. The van der Waals surface area contributed by atoms with Crippen molar-refractivity contribution >= 4 is 15.9 Å². The number of benzene rings is 1. The summed E-state index contributed by atoms with van der Waals surface area (Å²) in [5.41, 5.74) is 0. The van der Waals surface area contributed by atoms with Gasteiger partial charge in [-0.1, -0.05) is 24.6 Å². The van der Waals surface area contributed by atoms with E-state index in [0.29, 0.717) is 26.1 Å². The van der Waals surface area contributed by atoms with Crippen LogP contribution in [0.5, 0.6) is 0 Å². The Bertz CT molecular complexity index is 589. The van der Waals surface area contributed by atoms with Crippen LogP contribution in [0.1, 0.15) is 19.3 Å². The second-order valence-electron chi connectivity index (χ2n) is 5.33. The largest absolute Gasteiger partial charge is 0.353 e. The van der Waals surface area contributed by atoms with Crippen molar-refractivity contribution in [3.63, 3.8) is 0 Å². The molecule has 1 atom stereocenters. The van der Waals surface area contributed by atoms with Gasteiger partial charge in [-0.25, -0.2) is 8.42 Å². The molecule has 1 amide bonds. The lowest BCUT2D eigenvalue weighted by molar-refractivity contribution is -0.125. The zero-order chi connectivity index (χ0) is 16.0. The summed E-state index contributed by atoms with van der Waals surface area (Å²) in [5, 5.41) is 5.75. The quantitative estimate of drug-likeness (QED) is 0.750. The second kappa shape index (κ2) is 7.71. The molecule has 0 aliphatic carbocycles. The third kappa shape index (κ3) is 3.85. The van der Waals surface area contributed by atoms with Crippen LogP contribution >= 0.6 is 0 Å². The summed E-state index contributed by atoms with van der Waals surface area (Å²) in [6, 6.07) is 7.69. The molecule has 0 spiro atoms. The molecule has 0 bridgehead atoms. The van der Waals surface area contributed by atoms with Crippen LogP contribution < -0.4 is 10.6 Å². The van der Waals surface area contributed by atoms with E-state index in [4.69, 9.17) is 0 Å². The number of nitrogens with zero attached hydrogens (tertiary/aromatic N) is 1. The molecule has 1 unspecified atom stereocenters. The SMILES string of the molecule is CNCCNC(=O)C1CCCCN1S(=O)(=O)c1ccccc1. The van der Waals surface area contributed by atoms with E-state index < -0.39 is 16.1 Å². The lowest BCUT2D eigenvalue weighted by Gasteiger charge is -2.33. The Morgan fingerprint density at radius 1 is 1.23 bits per heavy atom. The summed E-state index contributed by atoms with van der Waals surface area (Å²) in [7, 11) is -1.83. The van der Waals surface area contributed by atoms with E-state index in [1.54, 1.807) is 37.4 Å². The molecular weight excluding hydrogens is 302 g/mol. The summed E-state index contributed by atoms with van der Waals surface area (Å²) in [5.74, 6) is -0.213. The molecular formula is C15H23N3O3S. The van der Waals surface area contributed by atoms with Gasteiger partial charge < -0.3 is 10.6 Å². The van der Waals surface area contributed by atoms with Crippen LogP contribution in [-0.2, 0) is 14.8 Å². The molecule has 1 aliphatic rings. The van der Waals surface area contributed by atoms with Gasteiger partial charge in [-0.05, 0) is 32.0 Å². The summed E-state index contributed by atoms with van der Waals surface area (Å²) >= 11 is 0. The van der Waals surface area contributed by atoms with Crippen LogP contribution in [0.3, 0.4) is 0 Å². The van der Waals surface area contributed by atoms with Gasteiger partial charge in [0.25, 0.3) is 0 Å². The van der Waals surface area contributed by atoms with Crippen molar-refractivity contribution in [2.45, 2.75) is 30.2 Å². The van der Waals surface area contributed by atoms with E-state index in [1.807, 2.05) is 0 Å². The predicted molar refractivity (Wildman–Crippen MR) is 84.9 cm³/mol. The van der Waals surface area contributed by atoms with Gasteiger partial charge in [-0.15, -0.1) is 0 Å². The van der Waals surface area contributed by atoms with Gasteiger partial charge in [-0.2, -0.15) is 4.31 Å². The predicted octanol–water partition coefficient (Wildman–Crippen LogP) is 0.565. The number of hydrogen-bond donors (Lipinski definition) is 2. The second-order valence-corrected chi connectivity index (χ2v) is 7.23. The van der Waals surface area contributed by atoms with E-state index in [1.165, 1.54) is 4.31 Å². The smallest absolute Gasteiger partial charge is 0.243 e. The van der Waals surface area contributed by atoms with Crippen molar-refractivity contribution in [1.82, 2.24) is 14.9 Å². The summed E-state index contributed by atoms with van der Waals surface area (Å²) in [6.07, 6.45) is 2.22. The van der Waals surface area contributed by atoms with E-state index >= 15 is 0 Å². The summed E-state index contributed by atoms with van der Waals surface area (Å²) in [6.45, 7) is 1.54. The molecule has 1 heterocycles. The number of rotatable bonds is 6. The molecule has 2 N–H and O–H groups in total. The van der Waals surface area contributed by atoms with Gasteiger partial charge in [-0.3, -0.25) is 4.79 Å². The average Bonchev–Trinajstić information content (AvgIpc) is 2.56. The van der Waals surface area contributed by atoms with Crippen LogP contribution in [0.25, 0.3) is 0 Å². The Kier molecular flexibility index (Phi) is 5.93. The maximum atomic E-state index is 12.8. The topological polar surface area (TPSA) is 78.5 Å². The third-order valence-corrected chi connectivity index (χ3v) is 5.70. The Balaban J connectivity index is 2.17. The summed E-state index contributed by atoms with van der Waals surface area (Å²) < 4.78 is 26.9. The van der Waals surface area contributed by atoms with Gasteiger partial charge in [0.05, 0.1) is 4.90 Å². The monoisotopic (exact) mass is 325 g/mol. The highest BCUT2D eigenvalue weighted by atomic mass is 32.2. The van der Waals surface area contributed by atoms with Gasteiger partial charge in [0, 0.05) is 19.6 Å². The number of hydrogen-bond acceptors (Lipinski definition) is 4. The highest BCUT2D eigenvalue weighted by Gasteiger charge is 2.37. The van der Waals surface area contributed by atoms with Crippen LogP contribution in [0.4, 0.5) is 0 Å². The minimum absolute atomic E-state index is 0.213. The lowest BCUT2D eigenvalue weighted by Crippen LogP contribution is -2.52. The minimum Gasteiger partial charge on any atom is -0.353 e.